The zero-order chi connectivity index (χ0) is 26.8. The highest BCUT2D eigenvalue weighted by atomic mass is 32.3. The molecule has 0 unspecified atom stereocenters. The molecule has 0 aromatic heterocycles. The number of carbonyl (C=O) groups is 2. The molecule has 2 fully saturated rings. The number of carbonyl (C=O) groups excluding carboxylic acids is 2. The number of methoxy groups -OCH3 is 1. The summed E-state index contributed by atoms with van der Waals surface area (Å²) in [6.07, 6.45) is -0.142. The summed E-state index contributed by atoms with van der Waals surface area (Å²) < 4.78 is 41.6. The quantitative estimate of drug-likeness (QED) is 0.429. The predicted octanol–water partition coefficient (Wildman–Crippen LogP) is 4.27. The second-order valence-corrected chi connectivity index (χ2v) is 12.3. The van der Waals surface area contributed by atoms with Gasteiger partial charge in [0.1, 0.15) is 16.4 Å². The summed E-state index contributed by atoms with van der Waals surface area (Å²) in [7, 11) is -3.06. The number of benzene rings is 2. The molecule has 2 aliphatic rings. The highest BCUT2D eigenvalue weighted by Crippen LogP contribution is 2.59. The van der Waals surface area contributed by atoms with Gasteiger partial charge in [-0.15, -0.1) is 11.8 Å². The van der Waals surface area contributed by atoms with Crippen molar-refractivity contribution in [1.82, 2.24) is 4.90 Å². The normalized spacial score (nSPS) is 27.6. The van der Waals surface area contributed by atoms with Crippen LogP contribution < -0.4 is 4.18 Å². The van der Waals surface area contributed by atoms with Crippen molar-refractivity contribution in [2.24, 2.45) is 5.41 Å². The van der Waals surface area contributed by atoms with Gasteiger partial charge in [-0.25, -0.2) is 4.18 Å². The molecule has 2 aromatic carbocycles. The summed E-state index contributed by atoms with van der Waals surface area (Å²) in [6.45, 7) is 5.97. The van der Waals surface area contributed by atoms with Crippen LogP contribution in [0.4, 0.5) is 0 Å². The highest BCUT2D eigenvalue weighted by molar-refractivity contribution is 8.00. The zero-order valence-electron chi connectivity index (χ0n) is 21.5. The number of rotatable bonds is 9. The molecule has 2 aromatic rings. The summed E-state index contributed by atoms with van der Waals surface area (Å²) in [4.78, 5) is 29.1. The lowest BCUT2D eigenvalue weighted by atomic mass is 9.61. The van der Waals surface area contributed by atoms with Gasteiger partial charge in [0.05, 0.1) is 18.8 Å². The average Bonchev–Trinajstić information content (AvgIpc) is 3.04. The smallest absolute Gasteiger partial charge is 0.449 e. The molecule has 37 heavy (non-hydrogen) atoms. The predicted molar refractivity (Wildman–Crippen MR) is 141 cm³/mol. The van der Waals surface area contributed by atoms with Crippen LogP contribution in [-0.4, -0.2) is 54.9 Å². The van der Waals surface area contributed by atoms with Gasteiger partial charge in [0.25, 0.3) is 0 Å². The number of hydrogen-bond donors (Lipinski definition) is 0. The van der Waals surface area contributed by atoms with Crippen molar-refractivity contribution in [3.63, 3.8) is 0 Å². The highest BCUT2D eigenvalue weighted by Gasteiger charge is 2.72. The maximum absolute atomic E-state index is 13.9. The number of hydrogen-bond acceptors (Lipinski definition) is 8. The van der Waals surface area contributed by atoms with Crippen molar-refractivity contribution < 1.29 is 31.1 Å². The first kappa shape index (κ1) is 27.5. The number of nitrogens with zero attached hydrogens (tertiary/aromatic N) is 1. The second-order valence-electron chi connectivity index (χ2n) is 9.75. The van der Waals surface area contributed by atoms with E-state index in [1.54, 1.807) is 29.2 Å². The van der Waals surface area contributed by atoms with Gasteiger partial charge in [0.2, 0.25) is 5.91 Å². The molecular formula is C27H33NO7S2. The van der Waals surface area contributed by atoms with E-state index in [-0.39, 0.29) is 37.5 Å². The molecule has 1 saturated carbocycles. The van der Waals surface area contributed by atoms with E-state index in [1.165, 1.54) is 18.9 Å². The Labute approximate surface area is 223 Å². The number of thioether (sulfide) groups is 1. The minimum Gasteiger partial charge on any atom is -0.468 e. The third-order valence-electron chi connectivity index (χ3n) is 7.52. The Balaban J connectivity index is 1.67. The first-order valence-corrected chi connectivity index (χ1v) is 14.7. The van der Waals surface area contributed by atoms with Crippen molar-refractivity contribution in [3.8, 4) is 5.75 Å². The summed E-state index contributed by atoms with van der Waals surface area (Å²) in [5, 5.41) is -0.639. The minimum atomic E-state index is -4.39. The maximum atomic E-state index is 13.9. The van der Waals surface area contributed by atoms with E-state index >= 15 is 0 Å². The lowest BCUT2D eigenvalue weighted by molar-refractivity contribution is -0.164. The largest absolute Gasteiger partial charge is 0.468 e. The fourth-order valence-electron chi connectivity index (χ4n) is 5.74. The second kappa shape index (κ2) is 10.7. The molecular weight excluding hydrogens is 514 g/mol. The Morgan fingerprint density at radius 1 is 1.14 bits per heavy atom. The Hall–Kier alpha value is -2.56. The van der Waals surface area contributed by atoms with Crippen LogP contribution in [0.1, 0.15) is 44.2 Å². The van der Waals surface area contributed by atoms with Gasteiger partial charge in [-0.05, 0) is 56.6 Å². The Morgan fingerprint density at radius 2 is 1.81 bits per heavy atom. The van der Waals surface area contributed by atoms with Crippen molar-refractivity contribution >= 4 is 34.0 Å². The first-order chi connectivity index (χ1) is 17.6. The Kier molecular flexibility index (Phi) is 7.92. The molecule has 10 heteroatoms. The Bertz CT molecular complexity index is 1240. The van der Waals surface area contributed by atoms with Gasteiger partial charge in [-0.3, -0.25) is 9.59 Å². The number of fused-ring (bicyclic) bond motifs is 1. The first-order valence-electron chi connectivity index (χ1n) is 12.3. The van der Waals surface area contributed by atoms with Crippen molar-refractivity contribution in [1.29, 1.82) is 0 Å². The molecule has 0 spiro atoms. The fourth-order valence-corrected chi connectivity index (χ4v) is 7.97. The van der Waals surface area contributed by atoms with Crippen LogP contribution in [0, 0.1) is 12.3 Å². The maximum Gasteiger partial charge on any atom is 0.449 e. The molecule has 200 valence electrons. The topological polar surface area (TPSA) is 99.2 Å². The van der Waals surface area contributed by atoms with Crippen molar-refractivity contribution in [3.05, 3.63) is 65.7 Å². The number of aryl methyl sites for hydroxylation is 1. The molecule has 1 amide bonds. The van der Waals surface area contributed by atoms with Crippen molar-refractivity contribution in [2.45, 2.75) is 63.5 Å². The third kappa shape index (κ3) is 5.11. The average molecular weight is 548 g/mol. The standard InChI is InChI=1S/C27H33NO7S2/c1-5-36-23-24(29)28(18-20-9-7-6-8-10-20)26(3)17-22(15-16-27(23,26)25(30)33-4)35-37(31,32)34-21-13-11-19(2)12-14-21/h6-14,22-23H,5,15-18H2,1-4H3/t22-,23-,26+,27+/m1/s1. The molecule has 1 aliphatic heterocycles. The van der Waals surface area contributed by atoms with Crippen LogP contribution in [0.2, 0.25) is 0 Å². The van der Waals surface area contributed by atoms with E-state index < -0.39 is 38.7 Å². The van der Waals surface area contributed by atoms with Crippen LogP contribution in [0.5, 0.6) is 5.75 Å². The number of amides is 1. The van der Waals surface area contributed by atoms with Gasteiger partial charge < -0.3 is 13.8 Å². The van der Waals surface area contributed by atoms with Gasteiger partial charge >= 0.3 is 16.4 Å². The molecule has 0 radical (unpaired) electrons. The SMILES string of the molecule is CCS[C@@H]1C(=O)N(Cc2ccccc2)[C@@]2(C)C[C@H](OS(=O)(=O)Oc3ccc(C)cc3)CC[C@@]12C(=O)OC. The molecule has 0 N–H and O–H groups in total. The van der Waals surface area contributed by atoms with Crippen molar-refractivity contribution in [2.75, 3.05) is 12.9 Å². The van der Waals surface area contributed by atoms with E-state index in [9.17, 15) is 18.0 Å². The zero-order valence-corrected chi connectivity index (χ0v) is 23.1. The summed E-state index contributed by atoms with van der Waals surface area (Å²) >= 11 is 1.43. The third-order valence-corrected chi connectivity index (χ3v) is 9.70. The van der Waals surface area contributed by atoms with E-state index in [2.05, 4.69) is 0 Å². The van der Waals surface area contributed by atoms with Gasteiger partial charge in [0.15, 0.2) is 0 Å². The summed E-state index contributed by atoms with van der Waals surface area (Å²) in [6, 6.07) is 16.1. The van der Waals surface area contributed by atoms with E-state index in [4.69, 9.17) is 13.1 Å². The van der Waals surface area contributed by atoms with E-state index in [0.29, 0.717) is 5.75 Å². The lowest BCUT2D eigenvalue weighted by Gasteiger charge is -2.51. The van der Waals surface area contributed by atoms with Crippen LogP contribution in [0.25, 0.3) is 0 Å². The van der Waals surface area contributed by atoms with Crippen LogP contribution in [-0.2, 0) is 35.5 Å². The molecule has 0 bridgehead atoms. The van der Waals surface area contributed by atoms with Gasteiger partial charge in [-0.2, -0.15) is 8.42 Å². The molecule has 4 atom stereocenters. The lowest BCUT2D eigenvalue weighted by Crippen LogP contribution is -2.61. The van der Waals surface area contributed by atoms with Crippen LogP contribution in [0.3, 0.4) is 0 Å². The Morgan fingerprint density at radius 3 is 2.43 bits per heavy atom. The fraction of sp³-hybridized carbons (Fsp3) is 0.481. The monoisotopic (exact) mass is 547 g/mol. The van der Waals surface area contributed by atoms with Gasteiger partial charge in [0, 0.05) is 6.54 Å². The van der Waals surface area contributed by atoms with Crippen LogP contribution in [0.15, 0.2) is 54.6 Å². The molecule has 1 saturated heterocycles. The number of likely N-dealkylation sites (tertiary alicyclic amines) is 1. The summed E-state index contributed by atoms with van der Waals surface area (Å²) in [5.41, 5.74) is -0.303. The number of ether oxygens (including phenoxy) is 1. The molecule has 4 rings (SSSR count). The van der Waals surface area contributed by atoms with Gasteiger partial charge in [-0.1, -0.05) is 55.0 Å². The van der Waals surface area contributed by atoms with Crippen LogP contribution >= 0.6 is 11.8 Å². The molecule has 1 aliphatic carbocycles. The molecule has 8 nitrogen and oxygen atoms in total. The van der Waals surface area contributed by atoms with E-state index in [0.717, 1.165) is 11.1 Å². The minimum absolute atomic E-state index is 0.137. The number of esters is 1. The summed E-state index contributed by atoms with van der Waals surface area (Å²) in [5.74, 6) is 0.186. The molecule has 1 heterocycles. The van der Waals surface area contributed by atoms with E-state index in [1.807, 2.05) is 51.1 Å².